The van der Waals surface area contributed by atoms with Crippen LogP contribution in [0.1, 0.15) is 11.3 Å². The molecule has 0 fully saturated rings. The Morgan fingerprint density at radius 1 is 1.53 bits per heavy atom. The number of anilines is 1. The summed E-state index contributed by atoms with van der Waals surface area (Å²) in [6, 6.07) is 3.61. The van der Waals surface area contributed by atoms with E-state index in [0.29, 0.717) is 16.3 Å². The van der Waals surface area contributed by atoms with Gasteiger partial charge in [-0.25, -0.2) is 4.98 Å². The van der Waals surface area contributed by atoms with Crippen molar-refractivity contribution in [1.82, 2.24) is 4.98 Å². The predicted octanol–water partition coefficient (Wildman–Crippen LogP) is 4.32. The fourth-order valence-electron chi connectivity index (χ4n) is 1.43. The lowest BCUT2D eigenvalue weighted by Gasteiger charge is -2.08. The number of aryl methyl sites for hydroxylation is 1. The second-order valence-electron chi connectivity index (χ2n) is 3.64. The molecule has 2 aromatic rings. The number of halogens is 2. The second kappa shape index (κ2) is 6.36. The molecule has 4 nitrogen and oxygen atoms in total. The van der Waals surface area contributed by atoms with Gasteiger partial charge < -0.3 is 4.74 Å². The first-order chi connectivity index (χ1) is 9.11. The quantitative estimate of drug-likeness (QED) is 0.652. The summed E-state index contributed by atoms with van der Waals surface area (Å²) in [6.45, 7) is 1.93. The van der Waals surface area contributed by atoms with E-state index in [1.165, 1.54) is 11.3 Å². The zero-order valence-corrected chi connectivity index (χ0v) is 13.4. The molecular formula is C12H11BrClN3OS. The summed E-state index contributed by atoms with van der Waals surface area (Å²) in [5.41, 5.74) is 4.53. The van der Waals surface area contributed by atoms with Crippen LogP contribution in [0.15, 0.2) is 27.1 Å². The SMILES string of the molecule is COc1c(Br)ccc(Cl)c1C=NNc1nc(C)cs1. The molecule has 7 heteroatoms. The van der Waals surface area contributed by atoms with E-state index in [-0.39, 0.29) is 0 Å². The minimum Gasteiger partial charge on any atom is -0.495 e. The Hall–Kier alpha value is -1.11. The number of nitrogens with one attached hydrogen (secondary N) is 1. The molecule has 0 radical (unpaired) electrons. The highest BCUT2D eigenvalue weighted by Gasteiger charge is 2.09. The van der Waals surface area contributed by atoms with Crippen molar-refractivity contribution in [3.05, 3.63) is 38.3 Å². The van der Waals surface area contributed by atoms with E-state index in [0.717, 1.165) is 15.3 Å². The fraction of sp³-hybridized carbons (Fsp3) is 0.167. The van der Waals surface area contributed by atoms with Gasteiger partial charge in [0.1, 0.15) is 5.75 Å². The van der Waals surface area contributed by atoms with Crippen LogP contribution in [0.3, 0.4) is 0 Å². The molecule has 0 amide bonds. The molecule has 0 atom stereocenters. The van der Waals surface area contributed by atoms with E-state index in [9.17, 15) is 0 Å². The molecule has 1 aromatic carbocycles. The second-order valence-corrected chi connectivity index (χ2v) is 5.76. The van der Waals surface area contributed by atoms with Crippen molar-refractivity contribution in [2.75, 3.05) is 12.5 Å². The summed E-state index contributed by atoms with van der Waals surface area (Å²) in [5.74, 6) is 0.647. The van der Waals surface area contributed by atoms with Gasteiger partial charge in [-0.2, -0.15) is 5.10 Å². The van der Waals surface area contributed by atoms with E-state index in [1.807, 2.05) is 18.4 Å². The van der Waals surface area contributed by atoms with Gasteiger partial charge in [0, 0.05) is 5.38 Å². The molecule has 0 aliphatic carbocycles. The number of hydrogen-bond donors (Lipinski definition) is 1. The van der Waals surface area contributed by atoms with Gasteiger partial charge in [-0.1, -0.05) is 11.6 Å². The molecule has 0 saturated carbocycles. The number of benzene rings is 1. The van der Waals surface area contributed by atoms with Crippen molar-refractivity contribution < 1.29 is 4.74 Å². The van der Waals surface area contributed by atoms with Crippen molar-refractivity contribution in [2.45, 2.75) is 6.92 Å². The largest absolute Gasteiger partial charge is 0.495 e. The van der Waals surface area contributed by atoms with Gasteiger partial charge in [0.05, 0.1) is 34.1 Å². The molecule has 100 valence electrons. The van der Waals surface area contributed by atoms with E-state index < -0.39 is 0 Å². The highest BCUT2D eigenvalue weighted by Crippen LogP contribution is 2.32. The normalized spacial score (nSPS) is 10.9. The summed E-state index contributed by atoms with van der Waals surface area (Å²) in [4.78, 5) is 4.24. The Bertz CT molecular complexity index is 615. The molecule has 1 heterocycles. The molecule has 0 aliphatic heterocycles. The lowest BCUT2D eigenvalue weighted by atomic mass is 10.2. The topological polar surface area (TPSA) is 46.5 Å². The molecule has 19 heavy (non-hydrogen) atoms. The Morgan fingerprint density at radius 2 is 2.32 bits per heavy atom. The lowest BCUT2D eigenvalue weighted by Crippen LogP contribution is -1.96. The number of rotatable bonds is 4. The first-order valence-electron chi connectivity index (χ1n) is 5.35. The Labute approximate surface area is 128 Å². The van der Waals surface area contributed by atoms with Gasteiger partial charge in [-0.05, 0) is 35.0 Å². The van der Waals surface area contributed by atoms with Crippen LogP contribution in [0, 0.1) is 6.92 Å². The number of nitrogens with zero attached hydrogens (tertiary/aromatic N) is 2. The van der Waals surface area contributed by atoms with Crippen molar-refractivity contribution in [2.24, 2.45) is 5.10 Å². The number of ether oxygens (including phenoxy) is 1. The van der Waals surface area contributed by atoms with Gasteiger partial charge >= 0.3 is 0 Å². The van der Waals surface area contributed by atoms with Crippen LogP contribution >= 0.6 is 38.9 Å². The summed E-state index contributed by atoms with van der Waals surface area (Å²) in [6.07, 6.45) is 1.61. The fourth-order valence-corrected chi connectivity index (χ4v) is 2.78. The van der Waals surface area contributed by atoms with Gasteiger partial charge in [0.15, 0.2) is 0 Å². The molecule has 2 rings (SSSR count). The van der Waals surface area contributed by atoms with Gasteiger partial charge in [-0.15, -0.1) is 11.3 Å². The van der Waals surface area contributed by atoms with Gasteiger partial charge in [-0.3, -0.25) is 5.43 Å². The van der Waals surface area contributed by atoms with Crippen LogP contribution in [0.25, 0.3) is 0 Å². The average Bonchev–Trinajstić information content (AvgIpc) is 2.79. The monoisotopic (exact) mass is 359 g/mol. The molecular weight excluding hydrogens is 350 g/mol. The summed E-state index contributed by atoms with van der Waals surface area (Å²) >= 11 is 11.0. The first kappa shape index (κ1) is 14.3. The highest BCUT2D eigenvalue weighted by molar-refractivity contribution is 9.10. The third kappa shape index (κ3) is 3.46. The van der Waals surface area contributed by atoms with Gasteiger partial charge in [0.2, 0.25) is 5.13 Å². The standard InChI is InChI=1S/C12H11BrClN3OS/c1-7-6-19-12(16-7)17-15-5-8-10(14)4-3-9(13)11(8)18-2/h3-6H,1-2H3,(H,16,17). The maximum atomic E-state index is 6.13. The van der Waals surface area contributed by atoms with E-state index in [4.69, 9.17) is 16.3 Å². The number of aromatic nitrogens is 1. The van der Waals surface area contributed by atoms with Crippen molar-refractivity contribution in [3.8, 4) is 5.75 Å². The summed E-state index contributed by atoms with van der Waals surface area (Å²) in [7, 11) is 1.59. The number of hydrazone groups is 1. The first-order valence-corrected chi connectivity index (χ1v) is 7.40. The third-order valence-corrected chi connectivity index (χ3v) is 4.09. The van der Waals surface area contributed by atoms with Crippen molar-refractivity contribution in [1.29, 1.82) is 0 Å². The number of thiazole rings is 1. The minimum absolute atomic E-state index is 0.570. The highest BCUT2D eigenvalue weighted by atomic mass is 79.9. The van der Waals surface area contributed by atoms with Crippen LogP contribution in [0.5, 0.6) is 5.75 Å². The number of hydrogen-bond acceptors (Lipinski definition) is 5. The third-order valence-electron chi connectivity index (χ3n) is 2.27. The molecule has 0 saturated heterocycles. The summed E-state index contributed by atoms with van der Waals surface area (Å²) in [5, 5.41) is 7.38. The zero-order valence-electron chi connectivity index (χ0n) is 10.3. The zero-order chi connectivity index (χ0) is 13.8. The smallest absolute Gasteiger partial charge is 0.203 e. The lowest BCUT2D eigenvalue weighted by molar-refractivity contribution is 0.411. The predicted molar refractivity (Wildman–Crippen MR) is 83.8 cm³/mol. The Morgan fingerprint density at radius 3 is 2.95 bits per heavy atom. The Balaban J connectivity index is 2.20. The molecule has 0 unspecified atom stereocenters. The minimum atomic E-state index is 0.570. The average molecular weight is 361 g/mol. The van der Waals surface area contributed by atoms with Crippen molar-refractivity contribution >= 4 is 50.2 Å². The molecule has 1 N–H and O–H groups in total. The molecule has 0 spiro atoms. The van der Waals surface area contributed by atoms with Crippen LogP contribution in [0.4, 0.5) is 5.13 Å². The van der Waals surface area contributed by atoms with Crippen LogP contribution in [-0.4, -0.2) is 18.3 Å². The van der Waals surface area contributed by atoms with E-state index >= 15 is 0 Å². The van der Waals surface area contributed by atoms with Crippen molar-refractivity contribution in [3.63, 3.8) is 0 Å². The van der Waals surface area contributed by atoms with E-state index in [1.54, 1.807) is 19.4 Å². The molecule has 0 aliphatic rings. The number of methoxy groups -OCH3 is 1. The Kier molecular flexibility index (Phi) is 4.79. The van der Waals surface area contributed by atoms with E-state index in [2.05, 4.69) is 31.4 Å². The maximum Gasteiger partial charge on any atom is 0.203 e. The maximum absolute atomic E-state index is 6.13. The van der Waals surface area contributed by atoms with Crippen LogP contribution < -0.4 is 10.2 Å². The van der Waals surface area contributed by atoms with Crippen LogP contribution in [0.2, 0.25) is 5.02 Å². The summed E-state index contributed by atoms with van der Waals surface area (Å²) < 4.78 is 6.13. The van der Waals surface area contributed by atoms with Crippen LogP contribution in [-0.2, 0) is 0 Å². The molecule has 1 aromatic heterocycles. The molecule has 0 bridgehead atoms. The van der Waals surface area contributed by atoms with Gasteiger partial charge in [0.25, 0.3) is 0 Å².